The minimum absolute atomic E-state index is 0.0429. The molecule has 2 unspecified atom stereocenters. The molecule has 1 heterocycles. The van der Waals surface area contributed by atoms with Crippen LogP contribution in [0.4, 0.5) is 0 Å². The van der Waals surface area contributed by atoms with Gasteiger partial charge in [0.25, 0.3) is 0 Å². The Morgan fingerprint density at radius 1 is 1.36 bits per heavy atom. The number of halogens is 2. The second kappa shape index (κ2) is 3.92. The topological polar surface area (TPSA) is 12.4 Å². The molecule has 2 rings (SSSR count). The highest BCUT2D eigenvalue weighted by molar-refractivity contribution is 6.70. The molecular weight excluding hydrogens is 217 g/mol. The first-order valence-electron chi connectivity index (χ1n) is 4.70. The third kappa shape index (κ3) is 1.55. The normalized spacial score (nSPS) is 25.5. The number of alkyl halides is 1. The smallest absolute Gasteiger partial charge is 0.131 e. The lowest BCUT2D eigenvalue weighted by molar-refractivity contribution is 0.623. The molecule has 1 aromatic rings. The van der Waals surface area contributed by atoms with Gasteiger partial charge in [-0.3, -0.25) is 4.99 Å². The number of nitrogens with zero attached hydrogens (tertiary/aromatic N) is 1. The van der Waals surface area contributed by atoms with Crippen molar-refractivity contribution in [2.75, 3.05) is 0 Å². The number of aliphatic imine (C=N–C) groups is 1. The molecule has 0 fully saturated rings. The fourth-order valence-electron chi connectivity index (χ4n) is 1.71. The van der Waals surface area contributed by atoms with Gasteiger partial charge >= 0.3 is 0 Å². The fraction of sp³-hybridized carbons (Fsp3) is 0.364. The average Bonchev–Trinajstić information content (AvgIpc) is 2.23. The first-order valence-corrected chi connectivity index (χ1v) is 5.52. The van der Waals surface area contributed by atoms with Crippen LogP contribution >= 0.6 is 23.2 Å². The summed E-state index contributed by atoms with van der Waals surface area (Å²) < 4.78 is 0. The lowest BCUT2D eigenvalue weighted by Gasteiger charge is -2.24. The van der Waals surface area contributed by atoms with Gasteiger partial charge in [-0.2, -0.15) is 0 Å². The van der Waals surface area contributed by atoms with E-state index in [4.69, 9.17) is 23.2 Å². The Bertz CT molecular complexity index is 373. The van der Waals surface area contributed by atoms with Gasteiger partial charge in [-0.1, -0.05) is 42.8 Å². The summed E-state index contributed by atoms with van der Waals surface area (Å²) in [6.07, 6.45) is 0.915. The predicted octanol–water partition coefficient (Wildman–Crippen LogP) is 3.74. The number of benzene rings is 1. The van der Waals surface area contributed by atoms with Crippen LogP contribution in [-0.2, 0) is 0 Å². The third-order valence-electron chi connectivity index (χ3n) is 2.52. The van der Waals surface area contributed by atoms with Gasteiger partial charge in [-0.05, 0) is 12.0 Å². The van der Waals surface area contributed by atoms with E-state index in [1.54, 1.807) is 0 Å². The van der Waals surface area contributed by atoms with Crippen molar-refractivity contribution in [1.82, 2.24) is 0 Å². The van der Waals surface area contributed by atoms with Crippen molar-refractivity contribution in [2.45, 2.75) is 24.8 Å². The molecule has 1 aliphatic heterocycles. The van der Waals surface area contributed by atoms with Crippen molar-refractivity contribution in [3.63, 3.8) is 0 Å². The first kappa shape index (κ1) is 10.0. The van der Waals surface area contributed by atoms with Gasteiger partial charge in [0.05, 0.1) is 11.4 Å². The van der Waals surface area contributed by atoms with Gasteiger partial charge in [0.15, 0.2) is 0 Å². The summed E-state index contributed by atoms with van der Waals surface area (Å²) in [6.45, 7) is 2.07. The van der Waals surface area contributed by atoms with E-state index in [1.807, 2.05) is 24.3 Å². The van der Waals surface area contributed by atoms with Crippen molar-refractivity contribution in [2.24, 2.45) is 4.99 Å². The van der Waals surface area contributed by atoms with E-state index < -0.39 is 0 Å². The van der Waals surface area contributed by atoms with Crippen LogP contribution in [0.5, 0.6) is 0 Å². The molecule has 2 atom stereocenters. The van der Waals surface area contributed by atoms with Gasteiger partial charge in [-0.15, -0.1) is 11.6 Å². The van der Waals surface area contributed by atoms with Crippen molar-refractivity contribution < 1.29 is 0 Å². The second-order valence-electron chi connectivity index (χ2n) is 3.38. The standard InChI is InChI=1S/C11H11Cl2N/c1-2-9-10(12)7-5-3-4-6-8(7)11(13)14-9/h3-6,9-10H,2H2,1H3. The van der Waals surface area contributed by atoms with Crippen LogP contribution in [-0.4, -0.2) is 11.2 Å². The summed E-state index contributed by atoms with van der Waals surface area (Å²) in [5.74, 6) is 0. The highest BCUT2D eigenvalue weighted by Crippen LogP contribution is 2.35. The Labute approximate surface area is 93.8 Å². The van der Waals surface area contributed by atoms with E-state index in [2.05, 4.69) is 11.9 Å². The molecule has 1 nitrogen and oxygen atoms in total. The molecule has 0 saturated carbocycles. The molecule has 74 valence electrons. The van der Waals surface area contributed by atoms with E-state index in [1.165, 1.54) is 0 Å². The number of hydrogen-bond acceptors (Lipinski definition) is 1. The molecule has 0 aromatic heterocycles. The quantitative estimate of drug-likeness (QED) is 0.649. The summed E-state index contributed by atoms with van der Waals surface area (Å²) in [4.78, 5) is 4.37. The second-order valence-corrected chi connectivity index (χ2v) is 4.21. The van der Waals surface area contributed by atoms with Crippen molar-refractivity contribution in [3.05, 3.63) is 35.4 Å². The Kier molecular flexibility index (Phi) is 2.80. The molecule has 3 heteroatoms. The third-order valence-corrected chi connectivity index (χ3v) is 3.34. The van der Waals surface area contributed by atoms with E-state index >= 15 is 0 Å². The minimum atomic E-state index is -0.0429. The van der Waals surface area contributed by atoms with E-state index in [0.717, 1.165) is 17.5 Å². The Morgan fingerprint density at radius 3 is 2.79 bits per heavy atom. The molecule has 0 bridgehead atoms. The largest absolute Gasteiger partial charge is 0.267 e. The van der Waals surface area contributed by atoms with Crippen molar-refractivity contribution >= 4 is 28.4 Å². The molecule has 1 aliphatic rings. The van der Waals surface area contributed by atoms with Gasteiger partial charge in [-0.25, -0.2) is 0 Å². The van der Waals surface area contributed by atoms with Gasteiger partial charge < -0.3 is 0 Å². The van der Waals surface area contributed by atoms with Crippen LogP contribution in [0.25, 0.3) is 0 Å². The molecule has 1 aromatic carbocycles. The zero-order valence-electron chi connectivity index (χ0n) is 7.87. The van der Waals surface area contributed by atoms with Crippen LogP contribution in [0.1, 0.15) is 29.8 Å². The summed E-state index contributed by atoms with van der Waals surface area (Å²) in [6, 6.07) is 8.03. The van der Waals surface area contributed by atoms with Crippen LogP contribution in [0.3, 0.4) is 0 Å². The highest BCUT2D eigenvalue weighted by Gasteiger charge is 2.27. The number of fused-ring (bicyclic) bond motifs is 1. The van der Waals surface area contributed by atoms with E-state index in [9.17, 15) is 0 Å². The predicted molar refractivity (Wildman–Crippen MR) is 61.5 cm³/mol. The van der Waals surface area contributed by atoms with Crippen LogP contribution in [0.2, 0.25) is 0 Å². The Morgan fingerprint density at radius 2 is 2.07 bits per heavy atom. The van der Waals surface area contributed by atoms with Crippen molar-refractivity contribution in [1.29, 1.82) is 0 Å². The summed E-state index contributed by atoms with van der Waals surface area (Å²) in [5.41, 5.74) is 2.07. The monoisotopic (exact) mass is 227 g/mol. The first-order chi connectivity index (χ1) is 6.74. The lowest BCUT2D eigenvalue weighted by Crippen LogP contribution is -2.20. The molecule has 0 aliphatic carbocycles. The lowest BCUT2D eigenvalue weighted by atomic mass is 9.96. The maximum absolute atomic E-state index is 6.31. The summed E-state index contributed by atoms with van der Waals surface area (Å²) in [7, 11) is 0. The SMILES string of the molecule is CCC1N=C(Cl)c2ccccc2C1Cl. The van der Waals surface area contributed by atoms with Crippen LogP contribution in [0, 0.1) is 0 Å². The van der Waals surface area contributed by atoms with E-state index in [0.29, 0.717) is 5.17 Å². The molecule has 0 spiro atoms. The highest BCUT2D eigenvalue weighted by atomic mass is 35.5. The molecule has 0 N–H and O–H groups in total. The van der Waals surface area contributed by atoms with Crippen LogP contribution in [0.15, 0.2) is 29.3 Å². The molecule has 0 radical (unpaired) electrons. The van der Waals surface area contributed by atoms with Gasteiger partial charge in [0.1, 0.15) is 5.17 Å². The number of hydrogen-bond donors (Lipinski definition) is 0. The molecule has 14 heavy (non-hydrogen) atoms. The fourth-order valence-corrected chi connectivity index (χ4v) is 2.43. The number of rotatable bonds is 1. The van der Waals surface area contributed by atoms with Gasteiger partial charge in [0.2, 0.25) is 0 Å². The maximum atomic E-state index is 6.31. The van der Waals surface area contributed by atoms with E-state index in [-0.39, 0.29) is 11.4 Å². The summed E-state index contributed by atoms with van der Waals surface area (Å²) >= 11 is 12.4. The average molecular weight is 228 g/mol. The Hall–Kier alpha value is -0.530. The minimum Gasteiger partial charge on any atom is -0.267 e. The zero-order valence-corrected chi connectivity index (χ0v) is 9.39. The summed E-state index contributed by atoms with van der Waals surface area (Å²) in [5, 5.41) is 0.544. The Balaban J connectivity index is 2.51. The molecule has 0 amide bonds. The van der Waals surface area contributed by atoms with Gasteiger partial charge in [0, 0.05) is 5.56 Å². The van der Waals surface area contributed by atoms with Crippen molar-refractivity contribution in [3.8, 4) is 0 Å². The maximum Gasteiger partial charge on any atom is 0.131 e. The van der Waals surface area contributed by atoms with Crippen LogP contribution < -0.4 is 0 Å². The molecule has 0 saturated heterocycles. The molecular formula is C11H11Cl2N. The zero-order chi connectivity index (χ0) is 10.1.